The lowest BCUT2D eigenvalue weighted by Crippen LogP contribution is -2.55. The quantitative estimate of drug-likeness (QED) is 0.503. The first-order valence-electron chi connectivity index (χ1n) is 10.9. The molecular formula is C22H30N2O6. The Bertz CT molecular complexity index is 765. The second-order valence-corrected chi connectivity index (χ2v) is 8.38. The summed E-state index contributed by atoms with van der Waals surface area (Å²) >= 11 is 0. The van der Waals surface area contributed by atoms with Crippen molar-refractivity contribution in [3.8, 4) is 0 Å². The zero-order valence-corrected chi connectivity index (χ0v) is 17.4. The highest BCUT2D eigenvalue weighted by Crippen LogP contribution is 2.53. The molecule has 5 atom stereocenters. The van der Waals surface area contributed by atoms with E-state index in [4.69, 9.17) is 9.47 Å². The van der Waals surface area contributed by atoms with Crippen LogP contribution in [-0.4, -0.2) is 83.3 Å². The number of likely N-dealkylation sites (tertiary alicyclic amines) is 1. The smallest absolute Gasteiger partial charge is 0.312 e. The highest BCUT2D eigenvalue weighted by Gasteiger charge is 2.71. The number of hydrogen-bond acceptors (Lipinski definition) is 6. The number of cyclic esters (lactones) is 1. The van der Waals surface area contributed by atoms with Crippen molar-refractivity contribution in [2.75, 3.05) is 32.8 Å². The number of rotatable bonds is 6. The molecule has 4 heterocycles. The molecule has 0 radical (unpaired) electrons. The fourth-order valence-electron chi connectivity index (χ4n) is 5.18. The number of unbranched alkanes of at least 4 members (excludes halogenated alkanes) is 1. The van der Waals surface area contributed by atoms with Crippen molar-refractivity contribution >= 4 is 17.8 Å². The predicted molar refractivity (Wildman–Crippen MR) is 107 cm³/mol. The van der Waals surface area contributed by atoms with E-state index in [1.165, 1.54) is 4.90 Å². The Morgan fingerprint density at radius 1 is 1.17 bits per heavy atom. The van der Waals surface area contributed by atoms with Gasteiger partial charge in [0.1, 0.15) is 17.6 Å². The van der Waals surface area contributed by atoms with Gasteiger partial charge in [0.2, 0.25) is 11.8 Å². The monoisotopic (exact) mass is 418 g/mol. The van der Waals surface area contributed by atoms with Crippen LogP contribution in [0.4, 0.5) is 0 Å². The van der Waals surface area contributed by atoms with Crippen molar-refractivity contribution in [1.29, 1.82) is 0 Å². The van der Waals surface area contributed by atoms with E-state index in [-0.39, 0.29) is 31.6 Å². The lowest BCUT2D eigenvalue weighted by atomic mass is 9.77. The Hall–Kier alpha value is -2.19. The normalized spacial score (nSPS) is 35.5. The summed E-state index contributed by atoms with van der Waals surface area (Å²) in [5.74, 6) is -2.48. The molecule has 0 aromatic rings. The van der Waals surface area contributed by atoms with Gasteiger partial charge in [-0.15, -0.1) is 0 Å². The number of aliphatic hydroxyl groups excluding tert-OH is 1. The third kappa shape index (κ3) is 3.26. The average molecular weight is 418 g/mol. The minimum absolute atomic E-state index is 0.0879. The van der Waals surface area contributed by atoms with Crippen LogP contribution in [0, 0.1) is 11.8 Å². The highest BCUT2D eigenvalue weighted by molar-refractivity contribution is 5.99. The summed E-state index contributed by atoms with van der Waals surface area (Å²) < 4.78 is 11.8. The van der Waals surface area contributed by atoms with Gasteiger partial charge < -0.3 is 24.4 Å². The van der Waals surface area contributed by atoms with Crippen molar-refractivity contribution in [2.24, 2.45) is 11.8 Å². The number of aliphatic hydroxyl groups is 1. The molecule has 1 spiro atoms. The molecule has 2 unspecified atom stereocenters. The number of carbonyl (C=O) groups is 3. The number of hydrogen-bond donors (Lipinski definition) is 1. The summed E-state index contributed by atoms with van der Waals surface area (Å²) in [5.41, 5.74) is -1.20. The predicted octanol–water partition coefficient (Wildman–Crippen LogP) is 0.651. The van der Waals surface area contributed by atoms with Crippen molar-refractivity contribution in [3.63, 3.8) is 0 Å². The molecule has 30 heavy (non-hydrogen) atoms. The third-order valence-corrected chi connectivity index (χ3v) is 6.54. The minimum atomic E-state index is -1.20. The number of carbonyl (C=O) groups excluding carboxylic acids is 3. The second-order valence-electron chi connectivity index (χ2n) is 8.38. The van der Waals surface area contributed by atoms with Crippen LogP contribution in [0.2, 0.25) is 0 Å². The van der Waals surface area contributed by atoms with E-state index in [2.05, 4.69) is 6.92 Å². The number of fused-ring (bicyclic) bond motifs is 2. The number of nitrogens with zero attached hydrogens (tertiary/aromatic N) is 2. The SMILES string of the molecule is CCCCN1CC=CC23O[C@@H]4C=CCCOC(=O)C4[C@H]2C(=O)N(CCCO)[C@@H]3C1=O. The molecule has 8 nitrogen and oxygen atoms in total. The molecule has 0 saturated carbocycles. The summed E-state index contributed by atoms with van der Waals surface area (Å²) in [5, 5.41) is 9.34. The van der Waals surface area contributed by atoms with Crippen LogP contribution < -0.4 is 0 Å². The largest absolute Gasteiger partial charge is 0.465 e. The summed E-state index contributed by atoms with van der Waals surface area (Å²) in [6.45, 7) is 3.54. The van der Waals surface area contributed by atoms with Crippen LogP contribution in [0.15, 0.2) is 24.3 Å². The number of amides is 2. The fraction of sp³-hybridized carbons (Fsp3) is 0.682. The maximum absolute atomic E-state index is 13.6. The first-order valence-corrected chi connectivity index (χ1v) is 10.9. The molecule has 4 rings (SSSR count). The van der Waals surface area contributed by atoms with Gasteiger partial charge in [-0.2, -0.15) is 0 Å². The summed E-state index contributed by atoms with van der Waals surface area (Å²) in [6, 6.07) is -0.841. The zero-order chi connectivity index (χ0) is 21.3. The molecule has 1 N–H and O–H groups in total. The van der Waals surface area contributed by atoms with Gasteiger partial charge >= 0.3 is 5.97 Å². The van der Waals surface area contributed by atoms with Gasteiger partial charge in [0.25, 0.3) is 0 Å². The minimum Gasteiger partial charge on any atom is -0.465 e. The molecule has 2 saturated heterocycles. The lowest BCUT2D eigenvalue weighted by molar-refractivity contribution is -0.155. The molecule has 0 aromatic heterocycles. The molecule has 4 aliphatic rings. The van der Waals surface area contributed by atoms with Gasteiger partial charge in [0.05, 0.1) is 18.6 Å². The Morgan fingerprint density at radius 2 is 2.00 bits per heavy atom. The Morgan fingerprint density at radius 3 is 2.77 bits per heavy atom. The maximum atomic E-state index is 13.6. The van der Waals surface area contributed by atoms with Crippen molar-refractivity contribution < 1.29 is 29.0 Å². The maximum Gasteiger partial charge on any atom is 0.312 e. The molecule has 2 amide bonds. The topological polar surface area (TPSA) is 96.4 Å². The van der Waals surface area contributed by atoms with Crippen molar-refractivity contribution in [1.82, 2.24) is 9.80 Å². The average Bonchev–Trinajstić information content (AvgIpc) is 3.10. The highest BCUT2D eigenvalue weighted by atomic mass is 16.6. The van der Waals surface area contributed by atoms with Crippen molar-refractivity contribution in [3.05, 3.63) is 24.3 Å². The number of esters is 1. The molecular weight excluding hydrogens is 388 g/mol. The first-order chi connectivity index (χ1) is 14.5. The van der Waals surface area contributed by atoms with E-state index in [1.54, 1.807) is 4.90 Å². The second kappa shape index (κ2) is 8.51. The lowest BCUT2D eigenvalue weighted by Gasteiger charge is -2.35. The fourth-order valence-corrected chi connectivity index (χ4v) is 5.18. The van der Waals surface area contributed by atoms with E-state index in [9.17, 15) is 19.5 Å². The van der Waals surface area contributed by atoms with Crippen LogP contribution in [0.3, 0.4) is 0 Å². The van der Waals surface area contributed by atoms with Crippen LogP contribution in [-0.2, 0) is 23.9 Å². The third-order valence-electron chi connectivity index (χ3n) is 6.54. The molecule has 0 aromatic carbocycles. The van der Waals surface area contributed by atoms with Gasteiger partial charge in [-0.25, -0.2) is 0 Å². The Balaban J connectivity index is 1.77. The first kappa shape index (κ1) is 21.1. The van der Waals surface area contributed by atoms with Crippen LogP contribution in [0.5, 0.6) is 0 Å². The van der Waals surface area contributed by atoms with Crippen LogP contribution >= 0.6 is 0 Å². The molecule has 0 bridgehead atoms. The standard InChI is InChI=1S/C22H30N2O6/c1-2-3-10-23-11-6-9-22-17(16-15(30-22)8-4-5-14-29-21(16)28)19(26)24(12-7-13-25)18(22)20(23)27/h4,6,8-9,15-18,25H,2-3,5,7,10-14H2,1H3/t15-,16?,17+,18-,22?/m1/s1. The molecule has 4 aliphatic heterocycles. The van der Waals surface area contributed by atoms with Gasteiger partial charge in [0, 0.05) is 26.2 Å². The number of ether oxygens (including phenoxy) is 2. The summed E-state index contributed by atoms with van der Waals surface area (Å²) in [4.78, 5) is 43.3. The molecule has 2 fully saturated rings. The zero-order valence-electron chi connectivity index (χ0n) is 17.4. The Labute approximate surface area is 176 Å². The molecule has 164 valence electrons. The van der Waals surface area contributed by atoms with Crippen LogP contribution in [0.1, 0.15) is 32.6 Å². The Kier molecular flexibility index (Phi) is 5.97. The van der Waals surface area contributed by atoms with E-state index in [1.807, 2.05) is 24.3 Å². The van der Waals surface area contributed by atoms with E-state index < -0.39 is 35.6 Å². The van der Waals surface area contributed by atoms with E-state index in [0.29, 0.717) is 25.9 Å². The van der Waals surface area contributed by atoms with Gasteiger partial charge in [-0.3, -0.25) is 14.4 Å². The van der Waals surface area contributed by atoms with E-state index >= 15 is 0 Å². The van der Waals surface area contributed by atoms with Gasteiger partial charge in [0.15, 0.2) is 0 Å². The van der Waals surface area contributed by atoms with Crippen molar-refractivity contribution in [2.45, 2.75) is 50.4 Å². The summed E-state index contributed by atoms with van der Waals surface area (Å²) in [6.07, 6.45) is 9.62. The summed E-state index contributed by atoms with van der Waals surface area (Å²) in [7, 11) is 0. The van der Waals surface area contributed by atoms with Gasteiger partial charge in [-0.1, -0.05) is 37.6 Å². The van der Waals surface area contributed by atoms with E-state index in [0.717, 1.165) is 12.8 Å². The molecule has 0 aliphatic carbocycles. The molecule has 8 heteroatoms. The van der Waals surface area contributed by atoms with Gasteiger partial charge in [-0.05, 0) is 19.3 Å². The van der Waals surface area contributed by atoms with Crippen LogP contribution in [0.25, 0.3) is 0 Å².